The first kappa shape index (κ1) is 19.1. The standard InChI is InChI=1S/C11H12F6O.C4H6O2/c12-10(13,14)9(11(15,16)17)4-6-1-5-2-7(6)8(3-5)18-9;1-3(2)4(5)6/h5-8H,1-4H2;1H2,2H3,(H,5,6). The van der Waals surface area contributed by atoms with E-state index in [1.807, 2.05) is 0 Å². The molecule has 2 saturated carbocycles. The van der Waals surface area contributed by atoms with Crippen molar-refractivity contribution in [2.45, 2.75) is 56.7 Å². The second-order valence-electron chi connectivity index (χ2n) is 6.77. The van der Waals surface area contributed by atoms with Crippen LogP contribution in [0.5, 0.6) is 0 Å². The molecule has 2 aliphatic carbocycles. The zero-order valence-electron chi connectivity index (χ0n) is 12.9. The Labute approximate surface area is 134 Å². The van der Waals surface area contributed by atoms with E-state index in [2.05, 4.69) is 11.3 Å². The predicted molar refractivity (Wildman–Crippen MR) is 71.1 cm³/mol. The number of fused-ring (bicyclic) bond motifs is 1. The van der Waals surface area contributed by atoms with Crippen LogP contribution in [-0.4, -0.2) is 35.1 Å². The van der Waals surface area contributed by atoms with Crippen LogP contribution < -0.4 is 0 Å². The monoisotopic (exact) mass is 360 g/mol. The average molecular weight is 360 g/mol. The summed E-state index contributed by atoms with van der Waals surface area (Å²) >= 11 is 0. The van der Waals surface area contributed by atoms with Crippen molar-refractivity contribution in [1.82, 2.24) is 0 Å². The van der Waals surface area contributed by atoms with E-state index in [1.54, 1.807) is 0 Å². The third-order valence-electron chi connectivity index (χ3n) is 5.07. The van der Waals surface area contributed by atoms with E-state index in [0.717, 1.165) is 6.42 Å². The van der Waals surface area contributed by atoms with E-state index in [1.165, 1.54) is 6.92 Å². The normalized spacial score (nSPS) is 33.6. The molecule has 0 aromatic carbocycles. The summed E-state index contributed by atoms with van der Waals surface area (Å²) in [7, 11) is 0. The van der Waals surface area contributed by atoms with Crippen LogP contribution in [0.15, 0.2) is 12.2 Å². The molecule has 1 N–H and O–H groups in total. The Morgan fingerprint density at radius 3 is 1.96 bits per heavy atom. The number of carboxylic acids is 1. The molecule has 0 radical (unpaired) electrons. The van der Waals surface area contributed by atoms with Gasteiger partial charge in [0.1, 0.15) is 0 Å². The fraction of sp³-hybridized carbons (Fsp3) is 0.800. The highest BCUT2D eigenvalue weighted by molar-refractivity contribution is 5.84. The van der Waals surface area contributed by atoms with Crippen LogP contribution >= 0.6 is 0 Å². The number of carbonyl (C=O) groups is 1. The summed E-state index contributed by atoms with van der Waals surface area (Å²) in [6.45, 7) is 4.60. The molecule has 3 nitrogen and oxygen atoms in total. The van der Waals surface area contributed by atoms with Gasteiger partial charge in [-0.2, -0.15) is 26.3 Å². The number of hydrogen-bond donors (Lipinski definition) is 1. The fourth-order valence-electron chi connectivity index (χ4n) is 4.00. The van der Waals surface area contributed by atoms with Crippen LogP contribution in [-0.2, 0) is 9.53 Å². The Hall–Kier alpha value is -1.25. The molecule has 3 aliphatic rings. The topological polar surface area (TPSA) is 46.5 Å². The predicted octanol–water partition coefficient (Wildman–Crippen LogP) is 4.33. The van der Waals surface area contributed by atoms with Crippen LogP contribution in [0.4, 0.5) is 26.3 Å². The highest BCUT2D eigenvalue weighted by Gasteiger charge is 2.76. The van der Waals surface area contributed by atoms with E-state index in [0.29, 0.717) is 12.8 Å². The summed E-state index contributed by atoms with van der Waals surface area (Å²) in [5, 5.41) is 7.89. The Morgan fingerprint density at radius 1 is 1.12 bits per heavy atom. The summed E-state index contributed by atoms with van der Waals surface area (Å²) in [5.74, 6) is -1.28. The molecule has 0 spiro atoms. The van der Waals surface area contributed by atoms with Crippen LogP contribution in [0, 0.1) is 17.8 Å². The Morgan fingerprint density at radius 2 is 1.62 bits per heavy atom. The minimum atomic E-state index is -5.40. The average Bonchev–Trinajstić information content (AvgIpc) is 2.94. The molecule has 4 atom stereocenters. The molecular formula is C15H18F6O3. The number of carboxylic acid groups (broad SMARTS) is 1. The molecule has 2 bridgehead atoms. The van der Waals surface area contributed by atoms with Gasteiger partial charge in [-0.1, -0.05) is 6.58 Å². The quantitative estimate of drug-likeness (QED) is 0.559. The van der Waals surface area contributed by atoms with Crippen LogP contribution in [0.3, 0.4) is 0 Å². The largest absolute Gasteiger partial charge is 0.478 e. The van der Waals surface area contributed by atoms with Crippen molar-refractivity contribution in [2.24, 2.45) is 17.8 Å². The van der Waals surface area contributed by atoms with Gasteiger partial charge in [-0.3, -0.25) is 0 Å². The van der Waals surface area contributed by atoms with E-state index in [-0.39, 0.29) is 17.4 Å². The van der Waals surface area contributed by atoms with Crippen molar-refractivity contribution in [2.75, 3.05) is 0 Å². The van der Waals surface area contributed by atoms with Gasteiger partial charge in [0.2, 0.25) is 0 Å². The van der Waals surface area contributed by atoms with Crippen molar-refractivity contribution >= 4 is 5.97 Å². The molecule has 1 saturated heterocycles. The van der Waals surface area contributed by atoms with Gasteiger partial charge in [-0.15, -0.1) is 0 Å². The van der Waals surface area contributed by atoms with Crippen LogP contribution in [0.2, 0.25) is 0 Å². The first-order chi connectivity index (χ1) is 10.8. The van der Waals surface area contributed by atoms with E-state index < -0.39 is 42.4 Å². The molecule has 1 heterocycles. The van der Waals surface area contributed by atoms with E-state index >= 15 is 0 Å². The minimum absolute atomic E-state index is 0.104. The number of alkyl halides is 6. The minimum Gasteiger partial charge on any atom is -0.478 e. The van der Waals surface area contributed by atoms with Gasteiger partial charge in [0.25, 0.3) is 5.60 Å². The molecular weight excluding hydrogens is 342 g/mol. The summed E-state index contributed by atoms with van der Waals surface area (Å²) in [6.07, 6.45) is -11.1. The van der Waals surface area contributed by atoms with Gasteiger partial charge in [-0.05, 0) is 50.4 Å². The molecule has 0 aromatic rings. The molecule has 0 amide bonds. The van der Waals surface area contributed by atoms with Gasteiger partial charge in [0.15, 0.2) is 0 Å². The Kier molecular flexibility index (Phi) is 4.71. The lowest BCUT2D eigenvalue weighted by atomic mass is 9.75. The first-order valence-corrected chi connectivity index (χ1v) is 7.48. The molecule has 3 fully saturated rings. The zero-order chi connectivity index (χ0) is 18.5. The molecule has 24 heavy (non-hydrogen) atoms. The Bertz CT molecular complexity index is 480. The molecule has 3 rings (SSSR count). The van der Waals surface area contributed by atoms with Crippen molar-refractivity contribution in [3.63, 3.8) is 0 Å². The summed E-state index contributed by atoms with van der Waals surface area (Å²) < 4.78 is 81.9. The SMILES string of the molecule is C=C(C)C(=O)O.FC(F)(F)C1(C(F)(F)F)CC2CC3CC(O1)C2C3. The zero-order valence-corrected chi connectivity index (χ0v) is 12.9. The third-order valence-corrected chi connectivity index (χ3v) is 5.07. The van der Waals surface area contributed by atoms with Gasteiger partial charge < -0.3 is 9.84 Å². The van der Waals surface area contributed by atoms with Crippen molar-refractivity contribution < 1.29 is 41.0 Å². The fourth-order valence-corrected chi connectivity index (χ4v) is 4.00. The van der Waals surface area contributed by atoms with Gasteiger partial charge in [0.05, 0.1) is 6.10 Å². The second-order valence-corrected chi connectivity index (χ2v) is 6.77. The van der Waals surface area contributed by atoms with E-state index in [9.17, 15) is 31.1 Å². The summed E-state index contributed by atoms with van der Waals surface area (Å²) in [5.41, 5.74) is -3.77. The summed E-state index contributed by atoms with van der Waals surface area (Å²) in [6, 6.07) is 0. The van der Waals surface area contributed by atoms with Crippen molar-refractivity contribution in [3.8, 4) is 0 Å². The van der Waals surface area contributed by atoms with Crippen LogP contribution in [0.25, 0.3) is 0 Å². The van der Waals surface area contributed by atoms with Gasteiger partial charge in [-0.25, -0.2) is 4.79 Å². The maximum absolute atomic E-state index is 12.9. The van der Waals surface area contributed by atoms with Crippen molar-refractivity contribution in [3.05, 3.63) is 12.2 Å². The third kappa shape index (κ3) is 3.14. The second kappa shape index (κ2) is 5.93. The molecule has 9 heteroatoms. The molecule has 0 aromatic heterocycles. The highest BCUT2D eigenvalue weighted by Crippen LogP contribution is 2.62. The lowest BCUT2D eigenvalue weighted by molar-refractivity contribution is -0.410. The molecule has 138 valence electrons. The summed E-state index contributed by atoms with van der Waals surface area (Å²) in [4.78, 5) is 9.60. The van der Waals surface area contributed by atoms with Gasteiger partial charge in [0, 0.05) is 5.57 Å². The van der Waals surface area contributed by atoms with Crippen molar-refractivity contribution in [1.29, 1.82) is 0 Å². The van der Waals surface area contributed by atoms with Crippen LogP contribution in [0.1, 0.15) is 32.6 Å². The number of hydrogen-bond acceptors (Lipinski definition) is 2. The first-order valence-electron chi connectivity index (χ1n) is 7.48. The maximum atomic E-state index is 12.9. The number of rotatable bonds is 1. The lowest BCUT2D eigenvalue weighted by Gasteiger charge is -2.48. The molecule has 1 aliphatic heterocycles. The highest BCUT2D eigenvalue weighted by atomic mass is 19.4. The lowest BCUT2D eigenvalue weighted by Crippen LogP contribution is -2.64. The Balaban J connectivity index is 0.000000301. The number of halogens is 6. The smallest absolute Gasteiger partial charge is 0.426 e. The van der Waals surface area contributed by atoms with Gasteiger partial charge >= 0.3 is 18.3 Å². The number of ether oxygens (including phenoxy) is 1. The number of aliphatic carboxylic acids is 1. The maximum Gasteiger partial charge on any atom is 0.426 e. The van der Waals surface area contributed by atoms with E-state index in [4.69, 9.17) is 5.11 Å². The molecule has 4 unspecified atom stereocenters.